The molecule has 36 heavy (non-hydrogen) atoms. The number of nitrogens with two attached hydrogens (primary N) is 1. The molecule has 6 N–H and O–H groups in total. The number of nitro groups is 1. The summed E-state index contributed by atoms with van der Waals surface area (Å²) < 4.78 is 0. The van der Waals surface area contributed by atoms with Crippen molar-refractivity contribution in [1.29, 1.82) is 0 Å². The summed E-state index contributed by atoms with van der Waals surface area (Å²) in [6.45, 7) is 5.81. The fraction of sp³-hybridized carbons (Fsp3) is 0.583. The van der Waals surface area contributed by atoms with Crippen LogP contribution in [-0.4, -0.2) is 53.2 Å². The maximum Gasteiger partial charge on any atom is 0.270 e. The summed E-state index contributed by atoms with van der Waals surface area (Å²) >= 11 is 0. The largest absolute Gasteiger partial charge is 0.384 e. The van der Waals surface area contributed by atoms with E-state index < -0.39 is 46.7 Å². The van der Waals surface area contributed by atoms with Crippen LogP contribution in [0.1, 0.15) is 69.7 Å². The van der Waals surface area contributed by atoms with Gasteiger partial charge in [0.05, 0.1) is 10.5 Å². The number of amides is 4. The highest BCUT2D eigenvalue weighted by atomic mass is 16.6. The molecule has 4 amide bonds. The number of anilines is 1. The molecule has 2 unspecified atom stereocenters. The number of fused-ring (bicyclic) bond motifs is 1. The van der Waals surface area contributed by atoms with Gasteiger partial charge in [-0.15, -0.1) is 0 Å². The van der Waals surface area contributed by atoms with Crippen molar-refractivity contribution in [1.82, 2.24) is 16.0 Å². The summed E-state index contributed by atoms with van der Waals surface area (Å²) in [5.74, 6) is -2.78. The summed E-state index contributed by atoms with van der Waals surface area (Å²) in [6.07, 6.45) is 3.44. The number of unbranched alkanes of at least 4 members (excludes halogenated alkanes) is 2. The smallest absolute Gasteiger partial charge is 0.270 e. The third-order valence-electron chi connectivity index (χ3n) is 6.38. The first-order valence-electron chi connectivity index (χ1n) is 12.3. The molecule has 0 bridgehead atoms. The lowest BCUT2D eigenvalue weighted by atomic mass is 9.96. The molecule has 1 heterocycles. The Morgan fingerprint density at radius 3 is 2.47 bits per heavy atom. The SMILES string of the molecule is CCCCCC1NC(=O)[C@H]([C@H](C)CC)NC(=O)c2cc([N+](=O)[O-])ccc2NCCC(C(N)=O)NC1=O. The van der Waals surface area contributed by atoms with Crippen molar-refractivity contribution in [2.75, 3.05) is 11.9 Å². The van der Waals surface area contributed by atoms with Crippen molar-refractivity contribution in [2.45, 2.75) is 77.4 Å². The number of primary amides is 1. The van der Waals surface area contributed by atoms with Crippen LogP contribution in [0.25, 0.3) is 0 Å². The average molecular weight is 505 g/mol. The number of nitrogens with one attached hydrogen (secondary N) is 4. The lowest BCUT2D eigenvalue weighted by molar-refractivity contribution is -0.384. The molecular formula is C24H36N6O6. The van der Waals surface area contributed by atoms with Crippen molar-refractivity contribution in [3.05, 3.63) is 33.9 Å². The Balaban J connectivity index is 2.50. The fourth-order valence-electron chi connectivity index (χ4n) is 3.95. The maximum atomic E-state index is 13.3. The van der Waals surface area contributed by atoms with Crippen molar-refractivity contribution in [3.63, 3.8) is 0 Å². The Kier molecular flexibility index (Phi) is 10.6. The summed E-state index contributed by atoms with van der Waals surface area (Å²) in [5.41, 5.74) is 5.49. The van der Waals surface area contributed by atoms with E-state index in [0.717, 1.165) is 18.9 Å². The van der Waals surface area contributed by atoms with Crippen molar-refractivity contribution in [2.24, 2.45) is 11.7 Å². The molecule has 12 nitrogen and oxygen atoms in total. The molecule has 12 heteroatoms. The van der Waals surface area contributed by atoms with Gasteiger partial charge < -0.3 is 27.0 Å². The van der Waals surface area contributed by atoms with Crippen molar-refractivity contribution < 1.29 is 24.1 Å². The average Bonchev–Trinajstić information content (AvgIpc) is 2.84. The standard InChI is InChI=1S/C24H36N6O6/c1-4-6-7-8-19-23(33)27-18(21(25)31)11-12-26-17-10-9-15(30(35)36)13-16(17)22(32)29-20(14(3)5-2)24(34)28-19/h9-10,13-14,18-20,26H,4-8,11-12H2,1-3H3,(H2,25,31)(H,27,33)(H,28,34)(H,29,32)/t14-,18?,19?,20+/m1/s1. The Morgan fingerprint density at radius 2 is 1.86 bits per heavy atom. The molecule has 4 atom stereocenters. The number of hydrogen-bond donors (Lipinski definition) is 5. The van der Waals surface area contributed by atoms with Crippen LogP contribution in [-0.2, 0) is 14.4 Å². The third kappa shape index (κ3) is 7.65. The molecule has 198 valence electrons. The van der Waals surface area contributed by atoms with E-state index in [1.54, 1.807) is 6.92 Å². The number of carbonyl (C=O) groups excluding carboxylic acids is 4. The zero-order valence-corrected chi connectivity index (χ0v) is 21.0. The number of hydrogen-bond acceptors (Lipinski definition) is 7. The minimum absolute atomic E-state index is 0.0125. The van der Waals surface area contributed by atoms with E-state index in [4.69, 9.17) is 5.73 Å². The summed E-state index contributed by atoms with van der Waals surface area (Å²) in [6, 6.07) is 0.841. The zero-order valence-electron chi connectivity index (χ0n) is 21.0. The highest BCUT2D eigenvalue weighted by Gasteiger charge is 2.32. The molecule has 1 aromatic carbocycles. The van der Waals surface area contributed by atoms with Gasteiger partial charge in [0.25, 0.3) is 11.6 Å². The van der Waals surface area contributed by atoms with Crippen LogP contribution in [0, 0.1) is 16.0 Å². The number of nitrogens with zero attached hydrogens (tertiary/aromatic N) is 1. The first-order chi connectivity index (χ1) is 17.1. The second-order valence-electron chi connectivity index (χ2n) is 9.06. The topological polar surface area (TPSA) is 186 Å². The van der Waals surface area contributed by atoms with Crippen LogP contribution < -0.4 is 27.0 Å². The van der Waals surface area contributed by atoms with Gasteiger partial charge in [0.2, 0.25) is 17.7 Å². The molecule has 0 saturated heterocycles. The van der Waals surface area contributed by atoms with E-state index >= 15 is 0 Å². The molecule has 0 aromatic heterocycles. The molecule has 1 aromatic rings. The summed E-state index contributed by atoms with van der Waals surface area (Å²) in [4.78, 5) is 62.3. The van der Waals surface area contributed by atoms with Gasteiger partial charge in [0.1, 0.15) is 18.1 Å². The number of nitro benzene ring substituents is 1. The Hall–Kier alpha value is -3.70. The van der Waals surface area contributed by atoms with E-state index in [9.17, 15) is 29.3 Å². The monoisotopic (exact) mass is 504 g/mol. The Bertz CT molecular complexity index is 984. The number of benzene rings is 1. The normalized spacial score (nSPS) is 22.1. The molecule has 0 fully saturated rings. The first-order valence-corrected chi connectivity index (χ1v) is 12.3. The van der Waals surface area contributed by atoms with Crippen molar-refractivity contribution >= 4 is 35.0 Å². The van der Waals surface area contributed by atoms with E-state index in [2.05, 4.69) is 21.3 Å². The molecule has 1 aliphatic heterocycles. The number of non-ortho nitro benzene ring substituents is 1. The van der Waals surface area contributed by atoms with Gasteiger partial charge in [-0.25, -0.2) is 0 Å². The van der Waals surface area contributed by atoms with E-state index in [0.29, 0.717) is 19.3 Å². The summed E-state index contributed by atoms with van der Waals surface area (Å²) in [5, 5.41) is 22.4. The quantitative estimate of drug-likeness (QED) is 0.202. The minimum Gasteiger partial charge on any atom is -0.384 e. The second kappa shape index (κ2) is 13.4. The van der Waals surface area contributed by atoms with E-state index in [1.807, 2.05) is 13.8 Å². The van der Waals surface area contributed by atoms with Crippen LogP contribution in [0.5, 0.6) is 0 Å². The molecule has 2 rings (SSSR count). The minimum atomic E-state index is -1.01. The zero-order chi connectivity index (χ0) is 26.8. The van der Waals surface area contributed by atoms with E-state index in [1.165, 1.54) is 12.1 Å². The van der Waals surface area contributed by atoms with Crippen LogP contribution in [0.2, 0.25) is 0 Å². The molecular weight excluding hydrogens is 468 g/mol. The van der Waals surface area contributed by atoms with Crippen LogP contribution in [0.15, 0.2) is 18.2 Å². The van der Waals surface area contributed by atoms with Gasteiger partial charge in [-0.05, 0) is 24.8 Å². The highest BCUT2D eigenvalue weighted by molar-refractivity contribution is 6.03. The lowest BCUT2D eigenvalue weighted by Crippen LogP contribution is -2.58. The van der Waals surface area contributed by atoms with Gasteiger partial charge >= 0.3 is 0 Å². The second-order valence-corrected chi connectivity index (χ2v) is 9.06. The third-order valence-corrected chi connectivity index (χ3v) is 6.38. The van der Waals surface area contributed by atoms with Gasteiger partial charge in [-0.1, -0.05) is 46.5 Å². The van der Waals surface area contributed by atoms with Gasteiger partial charge in [0.15, 0.2) is 0 Å². The highest BCUT2D eigenvalue weighted by Crippen LogP contribution is 2.23. The predicted molar refractivity (Wildman–Crippen MR) is 134 cm³/mol. The Morgan fingerprint density at radius 1 is 1.14 bits per heavy atom. The molecule has 0 radical (unpaired) electrons. The molecule has 0 spiro atoms. The lowest BCUT2D eigenvalue weighted by Gasteiger charge is -2.28. The number of carbonyl (C=O) groups is 4. The van der Waals surface area contributed by atoms with Gasteiger partial charge in [-0.3, -0.25) is 29.3 Å². The first kappa shape index (κ1) is 28.5. The van der Waals surface area contributed by atoms with Crippen LogP contribution in [0.4, 0.5) is 11.4 Å². The van der Waals surface area contributed by atoms with Gasteiger partial charge in [-0.2, -0.15) is 0 Å². The predicted octanol–water partition coefficient (Wildman–Crippen LogP) is 1.59. The Labute approximate surface area is 210 Å². The van der Waals surface area contributed by atoms with E-state index in [-0.39, 0.29) is 35.8 Å². The van der Waals surface area contributed by atoms with Crippen molar-refractivity contribution in [3.8, 4) is 0 Å². The van der Waals surface area contributed by atoms with Gasteiger partial charge in [0, 0.05) is 24.4 Å². The molecule has 0 aliphatic carbocycles. The molecule has 0 saturated carbocycles. The van der Waals surface area contributed by atoms with Crippen LogP contribution in [0.3, 0.4) is 0 Å². The number of rotatable bonds is 8. The summed E-state index contributed by atoms with van der Waals surface area (Å²) in [7, 11) is 0. The fourth-order valence-corrected chi connectivity index (χ4v) is 3.95. The molecule has 1 aliphatic rings. The maximum absolute atomic E-state index is 13.3. The van der Waals surface area contributed by atoms with Crippen LogP contribution >= 0.6 is 0 Å².